The Balaban J connectivity index is 1.83. The molecular formula is C14H22O. The van der Waals surface area contributed by atoms with Crippen LogP contribution in [-0.4, -0.2) is 6.61 Å². The summed E-state index contributed by atoms with van der Waals surface area (Å²) in [7, 11) is 0. The molecule has 0 N–H and O–H groups in total. The Kier molecular flexibility index (Phi) is 2.12. The first-order valence-corrected chi connectivity index (χ1v) is 6.54. The summed E-state index contributed by atoms with van der Waals surface area (Å²) < 4.78 is 5.73. The van der Waals surface area contributed by atoms with E-state index in [2.05, 4.69) is 13.5 Å². The van der Waals surface area contributed by atoms with Gasteiger partial charge >= 0.3 is 0 Å². The Hall–Kier alpha value is -0.460. The maximum absolute atomic E-state index is 5.73. The number of hydrogen-bond acceptors (Lipinski definition) is 1. The second-order valence-electron chi connectivity index (χ2n) is 6.05. The molecule has 4 rings (SSSR count). The first kappa shape index (κ1) is 9.74. The zero-order valence-electron chi connectivity index (χ0n) is 9.80. The summed E-state index contributed by atoms with van der Waals surface area (Å²) in [6, 6.07) is 0. The van der Waals surface area contributed by atoms with Crippen LogP contribution >= 0.6 is 0 Å². The highest BCUT2D eigenvalue weighted by atomic mass is 16.5. The van der Waals surface area contributed by atoms with Crippen LogP contribution in [0.1, 0.15) is 45.4 Å². The van der Waals surface area contributed by atoms with Crippen LogP contribution in [0.2, 0.25) is 0 Å². The average molecular weight is 206 g/mol. The molecule has 4 bridgehead atoms. The Morgan fingerprint density at radius 2 is 1.60 bits per heavy atom. The minimum absolute atomic E-state index is 0.394. The molecule has 4 fully saturated rings. The van der Waals surface area contributed by atoms with Crippen LogP contribution in [0.15, 0.2) is 12.3 Å². The minimum atomic E-state index is 0.394. The maximum atomic E-state index is 5.73. The van der Waals surface area contributed by atoms with E-state index >= 15 is 0 Å². The van der Waals surface area contributed by atoms with E-state index in [1.54, 1.807) is 0 Å². The molecule has 0 aromatic rings. The highest BCUT2D eigenvalue weighted by molar-refractivity contribution is 5.13. The predicted molar refractivity (Wildman–Crippen MR) is 61.4 cm³/mol. The number of ether oxygens (including phenoxy) is 1. The van der Waals surface area contributed by atoms with Gasteiger partial charge in [0.1, 0.15) is 0 Å². The van der Waals surface area contributed by atoms with Gasteiger partial charge < -0.3 is 4.74 Å². The second kappa shape index (κ2) is 3.26. The van der Waals surface area contributed by atoms with Gasteiger partial charge in [-0.15, -0.1) is 0 Å². The molecular weight excluding hydrogens is 184 g/mol. The van der Waals surface area contributed by atoms with E-state index in [0.717, 1.165) is 30.1 Å². The van der Waals surface area contributed by atoms with Gasteiger partial charge in [0.2, 0.25) is 0 Å². The molecule has 0 spiro atoms. The average Bonchev–Trinajstić information content (AvgIpc) is 2.15. The first-order valence-electron chi connectivity index (χ1n) is 6.54. The molecule has 4 aliphatic carbocycles. The highest BCUT2D eigenvalue weighted by Gasteiger charge is 2.52. The highest BCUT2D eigenvalue weighted by Crippen LogP contribution is 2.62. The lowest BCUT2D eigenvalue weighted by Gasteiger charge is -2.56. The third-order valence-electron chi connectivity index (χ3n) is 4.95. The molecule has 0 radical (unpaired) electrons. The van der Waals surface area contributed by atoms with Gasteiger partial charge in [0, 0.05) is 5.41 Å². The topological polar surface area (TPSA) is 9.23 Å². The lowest BCUT2D eigenvalue weighted by Crippen LogP contribution is -2.47. The molecule has 0 atom stereocenters. The maximum Gasteiger partial charge on any atom is 0.0949 e. The van der Waals surface area contributed by atoms with E-state index in [4.69, 9.17) is 4.74 Å². The summed E-state index contributed by atoms with van der Waals surface area (Å²) >= 11 is 0. The molecule has 0 saturated heterocycles. The summed E-state index contributed by atoms with van der Waals surface area (Å²) in [5.41, 5.74) is 0.394. The van der Waals surface area contributed by atoms with Crippen LogP contribution in [-0.2, 0) is 4.74 Å². The minimum Gasteiger partial charge on any atom is -0.498 e. The predicted octanol–water partition coefficient (Wildman–Crippen LogP) is 3.75. The molecule has 0 amide bonds. The van der Waals surface area contributed by atoms with E-state index in [1.165, 1.54) is 38.5 Å². The fourth-order valence-corrected chi connectivity index (χ4v) is 4.78. The van der Waals surface area contributed by atoms with Crippen molar-refractivity contribution in [1.82, 2.24) is 0 Å². The number of rotatable bonds is 3. The largest absolute Gasteiger partial charge is 0.498 e. The fourth-order valence-electron chi connectivity index (χ4n) is 4.78. The van der Waals surface area contributed by atoms with Crippen LogP contribution in [0.3, 0.4) is 0 Å². The SMILES string of the molecule is C=C(OCC)C12CC3CC(CC(C3)C1)C2. The van der Waals surface area contributed by atoms with Crippen molar-refractivity contribution in [3.8, 4) is 0 Å². The van der Waals surface area contributed by atoms with Crippen molar-refractivity contribution in [3.05, 3.63) is 12.3 Å². The van der Waals surface area contributed by atoms with Crippen LogP contribution < -0.4 is 0 Å². The molecule has 0 unspecified atom stereocenters. The molecule has 0 aromatic heterocycles. The fraction of sp³-hybridized carbons (Fsp3) is 0.857. The monoisotopic (exact) mass is 206 g/mol. The zero-order valence-corrected chi connectivity index (χ0v) is 9.80. The number of hydrogen-bond donors (Lipinski definition) is 0. The Bertz CT molecular complexity index is 244. The smallest absolute Gasteiger partial charge is 0.0949 e. The molecule has 1 heteroatoms. The molecule has 0 heterocycles. The summed E-state index contributed by atoms with van der Waals surface area (Å²) in [6.45, 7) is 7.08. The van der Waals surface area contributed by atoms with Gasteiger partial charge in [-0.05, 0) is 63.2 Å². The van der Waals surface area contributed by atoms with E-state index in [1.807, 2.05) is 0 Å². The van der Waals surface area contributed by atoms with E-state index in [0.29, 0.717) is 5.41 Å². The zero-order chi connectivity index (χ0) is 10.5. The van der Waals surface area contributed by atoms with E-state index in [-0.39, 0.29) is 0 Å². The lowest BCUT2D eigenvalue weighted by atomic mass is 9.49. The Morgan fingerprint density at radius 3 is 2.00 bits per heavy atom. The van der Waals surface area contributed by atoms with Crippen molar-refractivity contribution < 1.29 is 4.74 Å². The molecule has 0 aromatic carbocycles. The van der Waals surface area contributed by atoms with Crippen LogP contribution in [0.5, 0.6) is 0 Å². The Morgan fingerprint density at radius 1 is 1.13 bits per heavy atom. The Labute approximate surface area is 92.9 Å². The summed E-state index contributed by atoms with van der Waals surface area (Å²) in [4.78, 5) is 0. The van der Waals surface area contributed by atoms with Crippen molar-refractivity contribution in [2.75, 3.05) is 6.61 Å². The van der Waals surface area contributed by atoms with Crippen molar-refractivity contribution in [3.63, 3.8) is 0 Å². The normalized spacial score (nSPS) is 46.9. The lowest BCUT2D eigenvalue weighted by molar-refractivity contribution is -0.0591. The van der Waals surface area contributed by atoms with Gasteiger partial charge in [-0.25, -0.2) is 0 Å². The van der Waals surface area contributed by atoms with Gasteiger partial charge in [-0.2, -0.15) is 0 Å². The number of allylic oxidation sites excluding steroid dienone is 1. The third-order valence-corrected chi connectivity index (χ3v) is 4.95. The van der Waals surface area contributed by atoms with Crippen molar-refractivity contribution in [2.45, 2.75) is 45.4 Å². The quantitative estimate of drug-likeness (QED) is 0.639. The van der Waals surface area contributed by atoms with Crippen molar-refractivity contribution in [1.29, 1.82) is 0 Å². The van der Waals surface area contributed by atoms with Gasteiger partial charge in [0.15, 0.2) is 0 Å². The third kappa shape index (κ3) is 1.43. The molecule has 84 valence electrons. The molecule has 4 aliphatic rings. The van der Waals surface area contributed by atoms with Crippen LogP contribution in [0.25, 0.3) is 0 Å². The summed E-state index contributed by atoms with van der Waals surface area (Å²) in [6.07, 6.45) is 8.61. The second-order valence-corrected chi connectivity index (χ2v) is 6.05. The van der Waals surface area contributed by atoms with Gasteiger partial charge in [0.25, 0.3) is 0 Å². The molecule has 0 aliphatic heterocycles. The standard InChI is InChI=1S/C14H22O/c1-3-15-10(2)14-7-11-4-12(8-14)6-13(5-11)9-14/h11-13H,2-9H2,1H3. The first-order chi connectivity index (χ1) is 7.22. The van der Waals surface area contributed by atoms with E-state index < -0.39 is 0 Å². The van der Waals surface area contributed by atoms with Crippen molar-refractivity contribution >= 4 is 0 Å². The van der Waals surface area contributed by atoms with Crippen LogP contribution in [0.4, 0.5) is 0 Å². The summed E-state index contributed by atoms with van der Waals surface area (Å²) in [5, 5.41) is 0. The van der Waals surface area contributed by atoms with Crippen LogP contribution in [0, 0.1) is 23.2 Å². The summed E-state index contributed by atoms with van der Waals surface area (Å²) in [5.74, 6) is 4.10. The molecule has 1 nitrogen and oxygen atoms in total. The molecule has 4 saturated carbocycles. The molecule has 15 heavy (non-hydrogen) atoms. The van der Waals surface area contributed by atoms with Gasteiger partial charge in [-0.1, -0.05) is 6.58 Å². The van der Waals surface area contributed by atoms with Crippen molar-refractivity contribution in [2.24, 2.45) is 23.2 Å². The van der Waals surface area contributed by atoms with Gasteiger partial charge in [0.05, 0.1) is 12.4 Å². The van der Waals surface area contributed by atoms with E-state index in [9.17, 15) is 0 Å². The van der Waals surface area contributed by atoms with Gasteiger partial charge in [-0.3, -0.25) is 0 Å².